The third-order valence-electron chi connectivity index (χ3n) is 3.02. The van der Waals surface area contributed by atoms with Crippen molar-refractivity contribution in [2.24, 2.45) is 13.0 Å². The molecule has 0 saturated heterocycles. The lowest BCUT2D eigenvalue weighted by Crippen LogP contribution is -2.23. The van der Waals surface area contributed by atoms with Crippen LogP contribution >= 0.6 is 0 Å². The predicted octanol–water partition coefficient (Wildman–Crippen LogP) is 1.97. The Hall–Kier alpha value is -2.14. The Bertz CT molecular complexity index is 677. The average Bonchev–Trinajstić information content (AvgIpc) is 2.48. The second-order valence-corrected chi connectivity index (χ2v) is 5.37. The zero-order valence-corrected chi connectivity index (χ0v) is 12.5. The van der Waals surface area contributed by atoms with E-state index in [2.05, 4.69) is 18.9 Å². The van der Waals surface area contributed by atoms with Gasteiger partial charge in [0.25, 0.3) is 5.56 Å². The fraction of sp³-hybridized carbons (Fsp3) is 0.375. The molecule has 2 rings (SSSR count). The van der Waals surface area contributed by atoms with Crippen LogP contribution in [0.2, 0.25) is 0 Å². The van der Waals surface area contributed by atoms with Gasteiger partial charge in [0.05, 0.1) is 18.9 Å². The maximum atomic E-state index is 11.7. The van der Waals surface area contributed by atoms with Gasteiger partial charge in [-0.2, -0.15) is 5.10 Å². The summed E-state index contributed by atoms with van der Waals surface area (Å²) >= 11 is 0. The fourth-order valence-corrected chi connectivity index (χ4v) is 1.93. The number of hydrogen-bond acceptors (Lipinski definition) is 4. The molecule has 0 aliphatic heterocycles. The maximum absolute atomic E-state index is 11.7. The zero-order valence-electron chi connectivity index (χ0n) is 12.5. The molecule has 5 heteroatoms. The Kier molecular flexibility index (Phi) is 4.75. The van der Waals surface area contributed by atoms with Gasteiger partial charge < -0.3 is 9.84 Å². The summed E-state index contributed by atoms with van der Waals surface area (Å²) in [6.45, 7) is 4.52. The lowest BCUT2D eigenvalue weighted by atomic mass is 10.1. The summed E-state index contributed by atoms with van der Waals surface area (Å²) in [5.74, 6) is 1.22. The van der Waals surface area contributed by atoms with Crippen LogP contribution in [0, 0.1) is 5.92 Å². The van der Waals surface area contributed by atoms with E-state index in [4.69, 9.17) is 4.74 Å². The minimum atomic E-state index is -0.300. The third kappa shape index (κ3) is 3.70. The van der Waals surface area contributed by atoms with Crippen molar-refractivity contribution >= 4 is 0 Å². The molecule has 0 atom stereocenters. The second-order valence-electron chi connectivity index (χ2n) is 5.37. The Labute approximate surface area is 123 Å². The highest BCUT2D eigenvalue weighted by Gasteiger charge is 2.08. The van der Waals surface area contributed by atoms with E-state index in [-0.39, 0.29) is 12.2 Å². The van der Waals surface area contributed by atoms with Crippen LogP contribution in [0.5, 0.6) is 5.75 Å². The van der Waals surface area contributed by atoms with E-state index in [0.29, 0.717) is 23.8 Å². The number of hydrogen-bond donors (Lipinski definition) is 1. The van der Waals surface area contributed by atoms with Crippen molar-refractivity contribution < 1.29 is 9.84 Å². The Morgan fingerprint density at radius 2 is 2.10 bits per heavy atom. The molecule has 0 spiro atoms. The summed E-state index contributed by atoms with van der Waals surface area (Å²) in [4.78, 5) is 11.7. The smallest absolute Gasteiger partial charge is 0.272 e. The summed E-state index contributed by atoms with van der Waals surface area (Å²) in [5, 5.41) is 13.5. The van der Waals surface area contributed by atoms with Crippen molar-refractivity contribution in [1.82, 2.24) is 9.78 Å². The molecule has 0 aliphatic carbocycles. The van der Waals surface area contributed by atoms with Gasteiger partial charge in [-0.15, -0.1) is 0 Å². The number of aliphatic hydroxyl groups excluding tert-OH is 1. The van der Waals surface area contributed by atoms with Crippen molar-refractivity contribution in [1.29, 1.82) is 0 Å². The number of nitrogens with zero attached hydrogens (tertiary/aromatic N) is 2. The first-order chi connectivity index (χ1) is 10.0. The molecule has 0 saturated carbocycles. The van der Waals surface area contributed by atoms with Crippen LogP contribution in [-0.2, 0) is 13.7 Å². The van der Waals surface area contributed by atoms with Gasteiger partial charge in [0.1, 0.15) is 5.75 Å². The van der Waals surface area contributed by atoms with Crippen LogP contribution in [0.4, 0.5) is 0 Å². The monoisotopic (exact) mass is 288 g/mol. The molecule has 5 nitrogen and oxygen atoms in total. The highest BCUT2D eigenvalue weighted by atomic mass is 16.5. The van der Waals surface area contributed by atoms with E-state index < -0.39 is 0 Å². The van der Waals surface area contributed by atoms with Crippen molar-refractivity contribution in [3.63, 3.8) is 0 Å². The Morgan fingerprint density at radius 3 is 2.76 bits per heavy atom. The molecule has 0 amide bonds. The van der Waals surface area contributed by atoms with Gasteiger partial charge in [0, 0.05) is 18.2 Å². The van der Waals surface area contributed by atoms with E-state index in [1.165, 1.54) is 4.68 Å². The Morgan fingerprint density at radius 1 is 1.33 bits per heavy atom. The van der Waals surface area contributed by atoms with Gasteiger partial charge in [-0.1, -0.05) is 26.0 Å². The number of aryl methyl sites for hydroxylation is 1. The fourth-order valence-electron chi connectivity index (χ4n) is 1.93. The van der Waals surface area contributed by atoms with Crippen molar-refractivity contribution in [2.75, 3.05) is 6.61 Å². The summed E-state index contributed by atoms with van der Waals surface area (Å²) in [5.41, 5.74) is 1.53. The van der Waals surface area contributed by atoms with E-state index in [9.17, 15) is 9.90 Å². The van der Waals surface area contributed by atoms with Crippen LogP contribution < -0.4 is 10.3 Å². The second kappa shape index (κ2) is 6.54. The molecule has 0 unspecified atom stereocenters. The minimum Gasteiger partial charge on any atom is -0.493 e. The molecular weight excluding hydrogens is 268 g/mol. The van der Waals surface area contributed by atoms with E-state index in [0.717, 1.165) is 11.3 Å². The topological polar surface area (TPSA) is 64.3 Å². The third-order valence-corrected chi connectivity index (χ3v) is 3.02. The van der Waals surface area contributed by atoms with Gasteiger partial charge in [0.2, 0.25) is 0 Å². The minimum absolute atomic E-state index is 0.284. The summed E-state index contributed by atoms with van der Waals surface area (Å²) in [7, 11) is 1.57. The number of aromatic nitrogens is 2. The molecule has 1 aromatic carbocycles. The molecule has 1 N–H and O–H groups in total. The van der Waals surface area contributed by atoms with Crippen LogP contribution in [-0.4, -0.2) is 21.5 Å². The lowest BCUT2D eigenvalue weighted by molar-refractivity contribution is 0.271. The standard InChI is InChI=1S/C16H20N2O3/c1-11(2)10-21-14-6-4-5-12(7-14)15-8-13(9-19)16(20)18(3)17-15/h4-8,11,19H,9-10H2,1-3H3. The van der Waals surface area contributed by atoms with Crippen molar-refractivity contribution in [3.05, 3.63) is 46.2 Å². The van der Waals surface area contributed by atoms with Crippen LogP contribution in [0.3, 0.4) is 0 Å². The van der Waals surface area contributed by atoms with Gasteiger partial charge in [0.15, 0.2) is 0 Å². The molecule has 1 heterocycles. The van der Waals surface area contributed by atoms with Crippen molar-refractivity contribution in [2.45, 2.75) is 20.5 Å². The Balaban J connectivity index is 2.36. The first kappa shape index (κ1) is 15.3. The zero-order chi connectivity index (χ0) is 15.4. The van der Waals surface area contributed by atoms with Crippen molar-refractivity contribution in [3.8, 4) is 17.0 Å². The van der Waals surface area contributed by atoms with E-state index in [1.807, 2.05) is 24.3 Å². The maximum Gasteiger partial charge on any atom is 0.272 e. The average molecular weight is 288 g/mol. The molecule has 1 aromatic heterocycles. The van der Waals surface area contributed by atoms with Gasteiger partial charge in [-0.25, -0.2) is 4.68 Å². The molecule has 0 fully saturated rings. The highest BCUT2D eigenvalue weighted by molar-refractivity contribution is 5.61. The first-order valence-corrected chi connectivity index (χ1v) is 6.92. The van der Waals surface area contributed by atoms with Crippen LogP contribution in [0.1, 0.15) is 19.4 Å². The van der Waals surface area contributed by atoms with Crippen LogP contribution in [0.25, 0.3) is 11.3 Å². The van der Waals surface area contributed by atoms with Gasteiger partial charge in [-0.3, -0.25) is 4.79 Å². The molecule has 0 radical (unpaired) electrons. The molecule has 21 heavy (non-hydrogen) atoms. The highest BCUT2D eigenvalue weighted by Crippen LogP contribution is 2.22. The molecule has 0 aliphatic rings. The molecule has 0 bridgehead atoms. The summed E-state index contributed by atoms with van der Waals surface area (Å²) < 4.78 is 6.93. The predicted molar refractivity (Wildman–Crippen MR) is 81.2 cm³/mol. The quantitative estimate of drug-likeness (QED) is 0.913. The SMILES string of the molecule is CC(C)COc1cccc(-c2cc(CO)c(=O)n(C)n2)c1. The summed E-state index contributed by atoms with van der Waals surface area (Å²) in [6.07, 6.45) is 0. The number of aliphatic hydroxyl groups is 1. The van der Waals surface area contributed by atoms with E-state index >= 15 is 0 Å². The lowest BCUT2D eigenvalue weighted by Gasteiger charge is -2.10. The van der Waals surface area contributed by atoms with E-state index in [1.54, 1.807) is 13.1 Å². The number of benzene rings is 1. The molecule has 112 valence electrons. The molecular formula is C16H20N2O3. The largest absolute Gasteiger partial charge is 0.493 e. The normalized spacial score (nSPS) is 10.9. The first-order valence-electron chi connectivity index (χ1n) is 6.92. The van der Waals surface area contributed by atoms with Gasteiger partial charge in [-0.05, 0) is 24.1 Å². The number of ether oxygens (including phenoxy) is 1. The number of rotatable bonds is 5. The van der Waals surface area contributed by atoms with Crippen LogP contribution in [0.15, 0.2) is 35.1 Å². The van der Waals surface area contributed by atoms with Gasteiger partial charge >= 0.3 is 0 Å². The summed E-state index contributed by atoms with van der Waals surface area (Å²) in [6, 6.07) is 9.17. The molecule has 2 aromatic rings.